The quantitative estimate of drug-likeness (QED) is 0.378. The van der Waals surface area contributed by atoms with Crippen LogP contribution in [0.1, 0.15) is 40.9 Å². The fourth-order valence-electron chi connectivity index (χ4n) is 3.88. The Labute approximate surface area is 188 Å². The molecule has 0 saturated heterocycles. The fourth-order valence-corrected chi connectivity index (χ4v) is 4.70. The van der Waals surface area contributed by atoms with Gasteiger partial charge in [0.25, 0.3) is 0 Å². The Kier molecular flexibility index (Phi) is 4.81. The van der Waals surface area contributed by atoms with E-state index in [-0.39, 0.29) is 12.3 Å². The molecule has 0 saturated carbocycles. The van der Waals surface area contributed by atoms with Crippen molar-refractivity contribution in [3.8, 4) is 5.75 Å². The van der Waals surface area contributed by atoms with E-state index in [4.69, 9.17) is 33.0 Å². The molecule has 2 aliphatic rings. The van der Waals surface area contributed by atoms with Crippen LogP contribution in [0, 0.1) is 6.92 Å². The standard InChI is InChI=1S/C23H17BrCl2N2O/c1-13-2-4-14(5-3-13)20-12-21-18-10-17(25)11-19(26)22(18)29-23(28(21)27-20)15-6-8-16(24)9-7-15/h2-11,21,23H,12H2,1H3. The van der Waals surface area contributed by atoms with Crippen molar-refractivity contribution in [2.45, 2.75) is 25.6 Å². The van der Waals surface area contributed by atoms with Gasteiger partial charge in [0.2, 0.25) is 6.23 Å². The summed E-state index contributed by atoms with van der Waals surface area (Å²) < 4.78 is 7.39. The summed E-state index contributed by atoms with van der Waals surface area (Å²) in [5.74, 6) is 0.686. The van der Waals surface area contributed by atoms with Gasteiger partial charge in [-0.3, -0.25) is 0 Å². The van der Waals surface area contributed by atoms with Crippen LogP contribution >= 0.6 is 39.1 Å². The minimum absolute atomic E-state index is 0.0138. The van der Waals surface area contributed by atoms with E-state index < -0.39 is 0 Å². The molecule has 3 aromatic carbocycles. The summed E-state index contributed by atoms with van der Waals surface area (Å²) in [6.45, 7) is 2.08. The molecule has 29 heavy (non-hydrogen) atoms. The van der Waals surface area contributed by atoms with E-state index in [9.17, 15) is 0 Å². The molecule has 0 aromatic heterocycles. The van der Waals surface area contributed by atoms with E-state index in [1.54, 1.807) is 6.07 Å². The molecule has 0 bridgehead atoms. The Morgan fingerprint density at radius 2 is 1.76 bits per heavy atom. The second-order valence-electron chi connectivity index (χ2n) is 7.34. The third-order valence-corrected chi connectivity index (χ3v) is 6.38. The number of ether oxygens (including phenoxy) is 1. The first-order valence-electron chi connectivity index (χ1n) is 9.33. The summed E-state index contributed by atoms with van der Waals surface area (Å²) in [5.41, 5.74) is 5.37. The third-order valence-electron chi connectivity index (χ3n) is 5.35. The first-order chi connectivity index (χ1) is 14.0. The number of nitrogens with zero attached hydrogens (tertiary/aromatic N) is 2. The molecule has 6 heteroatoms. The van der Waals surface area contributed by atoms with Crippen molar-refractivity contribution in [1.82, 2.24) is 5.01 Å². The van der Waals surface area contributed by atoms with Crippen LogP contribution in [-0.2, 0) is 0 Å². The van der Waals surface area contributed by atoms with Crippen LogP contribution in [0.4, 0.5) is 0 Å². The minimum atomic E-state index is -0.359. The van der Waals surface area contributed by atoms with Gasteiger partial charge in [-0.2, -0.15) is 5.10 Å². The van der Waals surface area contributed by atoms with Gasteiger partial charge in [0, 0.05) is 27.0 Å². The van der Waals surface area contributed by atoms with Crippen LogP contribution in [0.25, 0.3) is 0 Å². The Bertz CT molecular complexity index is 1110. The van der Waals surface area contributed by atoms with Crippen molar-refractivity contribution < 1.29 is 4.74 Å². The van der Waals surface area contributed by atoms with Gasteiger partial charge >= 0.3 is 0 Å². The van der Waals surface area contributed by atoms with E-state index in [0.717, 1.165) is 33.3 Å². The van der Waals surface area contributed by atoms with Gasteiger partial charge in [-0.05, 0) is 36.8 Å². The van der Waals surface area contributed by atoms with Crippen molar-refractivity contribution in [1.29, 1.82) is 0 Å². The average Bonchev–Trinajstić information content (AvgIpc) is 3.14. The van der Waals surface area contributed by atoms with Gasteiger partial charge in [-0.15, -0.1) is 0 Å². The summed E-state index contributed by atoms with van der Waals surface area (Å²) in [5, 5.41) is 8.14. The first kappa shape index (κ1) is 19.0. The lowest BCUT2D eigenvalue weighted by Gasteiger charge is -2.38. The highest BCUT2D eigenvalue weighted by Crippen LogP contribution is 2.50. The van der Waals surface area contributed by atoms with Crippen LogP contribution in [0.5, 0.6) is 5.75 Å². The molecule has 0 spiro atoms. The fraction of sp³-hybridized carbons (Fsp3) is 0.174. The maximum Gasteiger partial charge on any atom is 0.213 e. The van der Waals surface area contributed by atoms with Crippen molar-refractivity contribution >= 4 is 44.8 Å². The number of hydrogen-bond donors (Lipinski definition) is 0. The monoisotopic (exact) mass is 486 g/mol. The van der Waals surface area contributed by atoms with E-state index in [1.165, 1.54) is 5.56 Å². The van der Waals surface area contributed by atoms with Crippen molar-refractivity contribution in [2.75, 3.05) is 0 Å². The zero-order valence-electron chi connectivity index (χ0n) is 15.6. The van der Waals surface area contributed by atoms with Crippen molar-refractivity contribution in [3.05, 3.63) is 97.4 Å². The predicted molar refractivity (Wildman–Crippen MR) is 121 cm³/mol. The molecule has 0 amide bonds. The Balaban J connectivity index is 1.62. The molecule has 0 aliphatic carbocycles. The van der Waals surface area contributed by atoms with Gasteiger partial charge in [-0.1, -0.05) is 81.1 Å². The Hall–Kier alpha value is -2.01. The van der Waals surface area contributed by atoms with E-state index in [1.807, 2.05) is 35.3 Å². The second-order valence-corrected chi connectivity index (χ2v) is 9.10. The molecule has 3 nitrogen and oxygen atoms in total. The number of hydrogen-bond acceptors (Lipinski definition) is 3. The van der Waals surface area contributed by atoms with E-state index >= 15 is 0 Å². The SMILES string of the molecule is Cc1ccc(C2=NN3C(C2)c2cc(Cl)cc(Cl)c2OC3c2ccc(Br)cc2)cc1. The van der Waals surface area contributed by atoms with Crippen LogP contribution in [0.2, 0.25) is 10.0 Å². The topological polar surface area (TPSA) is 24.8 Å². The zero-order valence-corrected chi connectivity index (χ0v) is 18.7. The second kappa shape index (κ2) is 7.35. The molecular weight excluding hydrogens is 471 g/mol. The van der Waals surface area contributed by atoms with Gasteiger partial charge in [0.1, 0.15) is 5.75 Å². The van der Waals surface area contributed by atoms with Crippen LogP contribution in [-0.4, -0.2) is 10.7 Å². The molecule has 146 valence electrons. The number of hydrazone groups is 1. The van der Waals surface area contributed by atoms with Crippen LogP contribution < -0.4 is 4.74 Å². The molecule has 2 heterocycles. The lowest BCUT2D eigenvalue weighted by Crippen LogP contribution is -2.33. The highest BCUT2D eigenvalue weighted by molar-refractivity contribution is 9.10. The zero-order chi connectivity index (χ0) is 20.1. The molecular formula is C23H17BrCl2N2O. The maximum absolute atomic E-state index is 6.51. The summed E-state index contributed by atoms with van der Waals surface area (Å²) in [6, 6.07) is 20.2. The maximum atomic E-state index is 6.51. The molecule has 0 radical (unpaired) electrons. The van der Waals surface area contributed by atoms with Crippen LogP contribution in [0.3, 0.4) is 0 Å². The lowest BCUT2D eigenvalue weighted by molar-refractivity contribution is -0.0189. The molecule has 2 unspecified atom stereocenters. The van der Waals surface area contributed by atoms with Gasteiger partial charge < -0.3 is 4.74 Å². The van der Waals surface area contributed by atoms with Gasteiger partial charge in [-0.25, -0.2) is 5.01 Å². The predicted octanol–water partition coefficient (Wildman–Crippen LogP) is 7.31. The number of rotatable bonds is 2. The molecule has 0 fully saturated rings. The summed E-state index contributed by atoms with van der Waals surface area (Å²) >= 11 is 16.3. The molecule has 2 atom stereocenters. The summed E-state index contributed by atoms with van der Waals surface area (Å²) in [7, 11) is 0. The third kappa shape index (κ3) is 3.43. The molecule has 5 rings (SSSR count). The minimum Gasteiger partial charge on any atom is -0.463 e. The Morgan fingerprint density at radius 1 is 1.03 bits per heavy atom. The smallest absolute Gasteiger partial charge is 0.213 e. The molecule has 2 aliphatic heterocycles. The molecule has 0 N–H and O–H groups in total. The summed E-state index contributed by atoms with van der Waals surface area (Å²) in [4.78, 5) is 0. The Morgan fingerprint density at radius 3 is 2.48 bits per heavy atom. The van der Waals surface area contributed by atoms with Gasteiger partial charge in [0.15, 0.2) is 0 Å². The number of halogens is 3. The lowest BCUT2D eigenvalue weighted by atomic mass is 9.95. The largest absolute Gasteiger partial charge is 0.463 e. The van der Waals surface area contributed by atoms with Crippen LogP contribution in [0.15, 0.2) is 70.2 Å². The highest BCUT2D eigenvalue weighted by atomic mass is 79.9. The van der Waals surface area contributed by atoms with Crippen molar-refractivity contribution in [3.63, 3.8) is 0 Å². The number of aryl methyl sites for hydroxylation is 1. The average molecular weight is 488 g/mol. The van der Waals surface area contributed by atoms with Crippen molar-refractivity contribution in [2.24, 2.45) is 5.10 Å². The van der Waals surface area contributed by atoms with E-state index in [2.05, 4.69) is 47.1 Å². The summed E-state index contributed by atoms with van der Waals surface area (Å²) in [6.07, 6.45) is 0.408. The normalized spacial score (nSPS) is 20.0. The highest BCUT2D eigenvalue weighted by Gasteiger charge is 2.42. The molecule has 3 aromatic rings. The van der Waals surface area contributed by atoms with E-state index in [0.29, 0.717) is 15.8 Å². The van der Waals surface area contributed by atoms with Gasteiger partial charge in [0.05, 0.1) is 16.8 Å². The number of benzene rings is 3. The number of fused-ring (bicyclic) bond motifs is 3. The first-order valence-corrected chi connectivity index (χ1v) is 10.9.